The van der Waals surface area contributed by atoms with Crippen LogP contribution in [0.15, 0.2) is 0 Å². The van der Waals surface area contributed by atoms with Gasteiger partial charge in [0.25, 0.3) is 0 Å². The first-order valence-corrected chi connectivity index (χ1v) is 4.24. The number of amides is 2. The molecule has 1 saturated heterocycles. The summed E-state index contributed by atoms with van der Waals surface area (Å²) in [5.74, 6) is -1.21. The molecular formula is C6H7Cl2NO2. The van der Waals surface area contributed by atoms with Gasteiger partial charge >= 0.3 is 0 Å². The lowest BCUT2D eigenvalue weighted by Crippen LogP contribution is -2.22. The molecule has 1 aliphatic heterocycles. The molecule has 0 aromatic carbocycles. The Kier molecular flexibility index (Phi) is 2.73. The molecule has 3 nitrogen and oxygen atoms in total. The van der Waals surface area contributed by atoms with E-state index in [1.54, 1.807) is 0 Å². The standard InChI is InChI=1S/C6H7Cl2NO2/c7-1-3-4(2-8)6(11)9-5(3)10/h3-4H,1-2H2,(H,9,10,11). The third-order valence-corrected chi connectivity index (χ3v) is 2.40. The highest BCUT2D eigenvalue weighted by atomic mass is 35.5. The van der Waals surface area contributed by atoms with Gasteiger partial charge in [-0.2, -0.15) is 0 Å². The van der Waals surface area contributed by atoms with Crippen molar-refractivity contribution < 1.29 is 9.59 Å². The summed E-state index contributed by atoms with van der Waals surface area (Å²) in [6.07, 6.45) is 0. The van der Waals surface area contributed by atoms with Gasteiger partial charge < -0.3 is 0 Å². The Labute approximate surface area is 74.0 Å². The van der Waals surface area contributed by atoms with Crippen LogP contribution in [0.2, 0.25) is 0 Å². The van der Waals surface area contributed by atoms with Crippen LogP contribution in [-0.2, 0) is 9.59 Å². The summed E-state index contributed by atoms with van der Waals surface area (Å²) in [5, 5.41) is 2.17. The summed E-state index contributed by atoms with van der Waals surface area (Å²) < 4.78 is 0. The van der Waals surface area contributed by atoms with Gasteiger partial charge in [-0.1, -0.05) is 0 Å². The van der Waals surface area contributed by atoms with Gasteiger partial charge in [0.05, 0.1) is 11.8 Å². The van der Waals surface area contributed by atoms with E-state index in [0.717, 1.165) is 0 Å². The molecule has 1 rings (SSSR count). The molecule has 0 aromatic heterocycles. The lowest BCUT2D eigenvalue weighted by atomic mass is 9.99. The molecule has 0 saturated carbocycles. The van der Waals surface area contributed by atoms with Crippen molar-refractivity contribution in [1.29, 1.82) is 0 Å². The van der Waals surface area contributed by atoms with Crippen molar-refractivity contribution in [1.82, 2.24) is 5.32 Å². The van der Waals surface area contributed by atoms with Crippen molar-refractivity contribution in [3.63, 3.8) is 0 Å². The van der Waals surface area contributed by atoms with Crippen LogP contribution in [0, 0.1) is 11.8 Å². The second-order valence-corrected chi connectivity index (χ2v) is 2.99. The Bertz CT molecular complexity index is 175. The number of imide groups is 1. The van der Waals surface area contributed by atoms with Crippen LogP contribution >= 0.6 is 23.2 Å². The number of halogens is 2. The third-order valence-electron chi connectivity index (χ3n) is 1.74. The van der Waals surface area contributed by atoms with Gasteiger partial charge in [-0.25, -0.2) is 0 Å². The number of carbonyl (C=O) groups is 2. The molecule has 1 fully saturated rings. The predicted octanol–water partition coefficient (Wildman–Crippen LogP) is 0.353. The van der Waals surface area contributed by atoms with Crippen LogP contribution in [0.4, 0.5) is 0 Å². The fraction of sp³-hybridized carbons (Fsp3) is 0.667. The number of alkyl halides is 2. The van der Waals surface area contributed by atoms with E-state index < -0.39 is 11.8 Å². The maximum Gasteiger partial charge on any atom is 0.231 e. The van der Waals surface area contributed by atoms with Crippen LogP contribution in [0.3, 0.4) is 0 Å². The molecule has 11 heavy (non-hydrogen) atoms. The largest absolute Gasteiger partial charge is 0.296 e. The van der Waals surface area contributed by atoms with E-state index >= 15 is 0 Å². The zero-order chi connectivity index (χ0) is 8.43. The SMILES string of the molecule is O=C1NC(=O)C(CCl)C1CCl. The molecule has 1 heterocycles. The molecule has 5 heteroatoms. The van der Waals surface area contributed by atoms with Gasteiger partial charge in [0.1, 0.15) is 0 Å². The van der Waals surface area contributed by atoms with Gasteiger partial charge in [-0.05, 0) is 0 Å². The molecule has 2 atom stereocenters. The molecule has 0 spiro atoms. The first-order chi connectivity index (χ1) is 5.20. The Hall–Kier alpha value is -0.280. The van der Waals surface area contributed by atoms with Crippen molar-refractivity contribution in [2.45, 2.75) is 0 Å². The summed E-state index contributed by atoms with van der Waals surface area (Å²) in [5.41, 5.74) is 0. The minimum absolute atomic E-state index is 0.148. The maximum atomic E-state index is 10.9. The van der Waals surface area contributed by atoms with E-state index in [2.05, 4.69) is 5.32 Å². The fourth-order valence-corrected chi connectivity index (χ4v) is 1.74. The zero-order valence-electron chi connectivity index (χ0n) is 5.64. The van der Waals surface area contributed by atoms with Crippen LogP contribution in [0.25, 0.3) is 0 Å². The number of nitrogens with one attached hydrogen (secondary N) is 1. The topological polar surface area (TPSA) is 46.2 Å². The molecule has 62 valence electrons. The normalized spacial score (nSPS) is 30.7. The highest BCUT2D eigenvalue weighted by Crippen LogP contribution is 2.21. The lowest BCUT2D eigenvalue weighted by molar-refractivity contribution is -0.125. The average molecular weight is 196 g/mol. The second-order valence-electron chi connectivity index (χ2n) is 2.38. The second kappa shape index (κ2) is 3.41. The van der Waals surface area contributed by atoms with Crippen LogP contribution < -0.4 is 5.32 Å². The zero-order valence-corrected chi connectivity index (χ0v) is 7.15. The molecule has 0 bridgehead atoms. The summed E-state index contributed by atoms with van der Waals surface area (Å²) in [7, 11) is 0. The third kappa shape index (κ3) is 1.49. The molecular weight excluding hydrogens is 189 g/mol. The summed E-state index contributed by atoms with van der Waals surface area (Å²) in [6, 6.07) is 0. The molecule has 1 aliphatic rings. The van der Waals surface area contributed by atoms with Crippen molar-refractivity contribution >= 4 is 35.0 Å². The number of hydrogen-bond donors (Lipinski definition) is 1. The molecule has 1 N–H and O–H groups in total. The first kappa shape index (κ1) is 8.81. The van der Waals surface area contributed by atoms with Crippen LogP contribution in [0.1, 0.15) is 0 Å². The Morgan fingerprint density at radius 3 is 1.73 bits per heavy atom. The van der Waals surface area contributed by atoms with Crippen molar-refractivity contribution in [3.8, 4) is 0 Å². The van der Waals surface area contributed by atoms with Gasteiger partial charge in [-0.3, -0.25) is 14.9 Å². The number of rotatable bonds is 2. The summed E-state index contributed by atoms with van der Waals surface area (Å²) in [6.45, 7) is 0. The molecule has 2 unspecified atom stereocenters. The van der Waals surface area contributed by atoms with E-state index in [0.29, 0.717) is 0 Å². The van der Waals surface area contributed by atoms with Crippen LogP contribution in [-0.4, -0.2) is 23.6 Å². The van der Waals surface area contributed by atoms with Gasteiger partial charge in [0.15, 0.2) is 0 Å². The van der Waals surface area contributed by atoms with Gasteiger partial charge in [0.2, 0.25) is 11.8 Å². The highest BCUT2D eigenvalue weighted by Gasteiger charge is 2.40. The minimum atomic E-state index is -0.443. The monoisotopic (exact) mass is 195 g/mol. The van der Waals surface area contributed by atoms with Crippen molar-refractivity contribution in [3.05, 3.63) is 0 Å². The molecule has 0 aliphatic carbocycles. The number of hydrogen-bond acceptors (Lipinski definition) is 2. The number of carbonyl (C=O) groups excluding carboxylic acids is 2. The van der Waals surface area contributed by atoms with E-state index in [-0.39, 0.29) is 23.6 Å². The maximum absolute atomic E-state index is 10.9. The Morgan fingerprint density at radius 1 is 1.09 bits per heavy atom. The summed E-state index contributed by atoms with van der Waals surface area (Å²) in [4.78, 5) is 21.8. The summed E-state index contributed by atoms with van der Waals surface area (Å²) >= 11 is 10.9. The smallest absolute Gasteiger partial charge is 0.231 e. The van der Waals surface area contributed by atoms with Crippen molar-refractivity contribution in [2.75, 3.05) is 11.8 Å². The van der Waals surface area contributed by atoms with Gasteiger partial charge in [-0.15, -0.1) is 23.2 Å². The highest BCUT2D eigenvalue weighted by molar-refractivity contribution is 6.23. The Balaban J connectivity index is 2.74. The average Bonchev–Trinajstić information content (AvgIpc) is 2.24. The first-order valence-electron chi connectivity index (χ1n) is 3.17. The lowest BCUT2D eigenvalue weighted by Gasteiger charge is -2.06. The fourth-order valence-electron chi connectivity index (χ4n) is 1.03. The van der Waals surface area contributed by atoms with Gasteiger partial charge in [0, 0.05) is 11.8 Å². The van der Waals surface area contributed by atoms with E-state index in [1.165, 1.54) is 0 Å². The molecule has 0 radical (unpaired) electrons. The van der Waals surface area contributed by atoms with E-state index in [9.17, 15) is 9.59 Å². The van der Waals surface area contributed by atoms with Crippen molar-refractivity contribution in [2.24, 2.45) is 11.8 Å². The quantitative estimate of drug-likeness (QED) is 0.511. The molecule has 2 amide bonds. The minimum Gasteiger partial charge on any atom is -0.296 e. The van der Waals surface area contributed by atoms with Crippen LogP contribution in [0.5, 0.6) is 0 Å². The predicted molar refractivity (Wildman–Crippen MR) is 41.6 cm³/mol. The Morgan fingerprint density at radius 2 is 1.45 bits per heavy atom. The van der Waals surface area contributed by atoms with E-state index in [1.807, 2.05) is 0 Å². The van der Waals surface area contributed by atoms with E-state index in [4.69, 9.17) is 23.2 Å². The molecule has 0 aromatic rings.